The normalized spacial score (nSPS) is 25.4. The Kier molecular flexibility index (Phi) is 5.35. The molecule has 1 saturated heterocycles. The summed E-state index contributed by atoms with van der Waals surface area (Å²) in [7, 11) is 0. The Morgan fingerprint density at radius 2 is 2.00 bits per heavy atom. The number of aryl methyl sites for hydroxylation is 2. The number of rotatable bonds is 4. The van der Waals surface area contributed by atoms with Crippen molar-refractivity contribution in [2.45, 2.75) is 51.7 Å². The van der Waals surface area contributed by atoms with Crippen LogP contribution in [0, 0.1) is 13.8 Å². The molecule has 1 atom stereocenters. The van der Waals surface area contributed by atoms with Gasteiger partial charge in [0.2, 0.25) is 5.91 Å². The number of hydrogen-bond donors (Lipinski definition) is 1. The van der Waals surface area contributed by atoms with Crippen molar-refractivity contribution in [3.8, 4) is 5.75 Å². The fourth-order valence-corrected chi connectivity index (χ4v) is 3.64. The van der Waals surface area contributed by atoms with E-state index < -0.39 is 5.60 Å². The van der Waals surface area contributed by atoms with Crippen LogP contribution in [-0.4, -0.2) is 65.2 Å². The van der Waals surface area contributed by atoms with Crippen LogP contribution in [0.3, 0.4) is 0 Å². The van der Waals surface area contributed by atoms with Crippen LogP contribution in [0.25, 0.3) is 0 Å². The van der Waals surface area contributed by atoms with Gasteiger partial charge in [-0.1, -0.05) is 12.5 Å². The molecule has 5 nitrogen and oxygen atoms in total. The van der Waals surface area contributed by atoms with E-state index in [4.69, 9.17) is 4.74 Å². The van der Waals surface area contributed by atoms with Gasteiger partial charge in [-0.15, -0.1) is 0 Å². The summed E-state index contributed by atoms with van der Waals surface area (Å²) in [5.74, 6) is 0.783. The van der Waals surface area contributed by atoms with Crippen LogP contribution in [0.2, 0.25) is 0 Å². The van der Waals surface area contributed by atoms with Gasteiger partial charge in [0.1, 0.15) is 18.0 Å². The third-order valence-corrected chi connectivity index (χ3v) is 5.66. The number of amides is 1. The lowest BCUT2D eigenvalue weighted by Crippen LogP contribution is -2.54. The lowest BCUT2D eigenvalue weighted by atomic mass is 9.90. The van der Waals surface area contributed by atoms with Gasteiger partial charge in [0.25, 0.3) is 0 Å². The molecule has 0 aromatic heterocycles. The molecule has 1 aliphatic carbocycles. The summed E-state index contributed by atoms with van der Waals surface area (Å²) in [6.45, 7) is 8.29. The van der Waals surface area contributed by atoms with Crippen LogP contribution in [-0.2, 0) is 4.79 Å². The molecule has 1 heterocycles. The molecule has 1 amide bonds. The zero-order valence-corrected chi connectivity index (χ0v) is 15.6. The molecule has 2 fully saturated rings. The van der Waals surface area contributed by atoms with Gasteiger partial charge in [0.05, 0.1) is 6.54 Å². The van der Waals surface area contributed by atoms with Crippen molar-refractivity contribution < 1.29 is 14.6 Å². The van der Waals surface area contributed by atoms with E-state index in [1.807, 2.05) is 18.2 Å². The maximum Gasteiger partial charge on any atom is 0.219 e. The lowest BCUT2D eigenvalue weighted by Gasteiger charge is -2.40. The number of hydrogen-bond acceptors (Lipinski definition) is 4. The summed E-state index contributed by atoms with van der Waals surface area (Å²) >= 11 is 0. The maximum absolute atomic E-state index is 11.9. The van der Waals surface area contributed by atoms with Gasteiger partial charge < -0.3 is 14.7 Å². The lowest BCUT2D eigenvalue weighted by molar-refractivity contribution is -0.132. The first-order chi connectivity index (χ1) is 11.9. The van der Waals surface area contributed by atoms with Crippen LogP contribution in [0.4, 0.5) is 0 Å². The molecular weight excluding hydrogens is 316 g/mol. The van der Waals surface area contributed by atoms with E-state index in [0.717, 1.165) is 12.3 Å². The van der Waals surface area contributed by atoms with Crippen molar-refractivity contribution in [2.24, 2.45) is 0 Å². The zero-order chi connectivity index (χ0) is 18.0. The molecule has 25 heavy (non-hydrogen) atoms. The number of carbonyl (C=O) groups is 1. The van der Waals surface area contributed by atoms with Crippen molar-refractivity contribution in [1.82, 2.24) is 9.80 Å². The Morgan fingerprint density at radius 3 is 2.60 bits per heavy atom. The predicted molar refractivity (Wildman–Crippen MR) is 97.8 cm³/mol. The summed E-state index contributed by atoms with van der Waals surface area (Å²) < 4.78 is 5.93. The summed E-state index contributed by atoms with van der Waals surface area (Å²) in [5.41, 5.74) is 1.35. The molecule has 0 spiro atoms. The number of β-amino-alcohol motifs (C(OH)–C–C–N with tert-alkyl or cyclic N) is 1. The highest BCUT2D eigenvalue weighted by atomic mass is 16.5. The smallest absolute Gasteiger partial charge is 0.219 e. The molecule has 1 aromatic rings. The molecule has 0 radical (unpaired) electrons. The molecular formula is C20H30N2O3. The monoisotopic (exact) mass is 346 g/mol. The Morgan fingerprint density at radius 1 is 1.24 bits per heavy atom. The highest BCUT2D eigenvalue weighted by Crippen LogP contribution is 2.28. The molecule has 138 valence electrons. The second-order valence-corrected chi connectivity index (χ2v) is 7.75. The average Bonchev–Trinajstić information content (AvgIpc) is 2.67. The minimum absolute atomic E-state index is 0.0139. The Bertz CT molecular complexity index is 629. The Hall–Kier alpha value is -1.59. The summed E-state index contributed by atoms with van der Waals surface area (Å²) in [6, 6.07) is 6.51. The Labute approximate surface area is 150 Å². The van der Waals surface area contributed by atoms with Crippen LogP contribution in [0.5, 0.6) is 5.75 Å². The molecule has 1 saturated carbocycles. The molecule has 1 aromatic carbocycles. The van der Waals surface area contributed by atoms with Gasteiger partial charge in [-0.3, -0.25) is 9.69 Å². The Balaban J connectivity index is 1.71. The molecule has 3 rings (SSSR count). The number of aliphatic hydroxyl groups is 1. The molecule has 2 aliphatic rings. The van der Waals surface area contributed by atoms with Gasteiger partial charge >= 0.3 is 0 Å². The molecule has 5 heteroatoms. The van der Waals surface area contributed by atoms with E-state index in [0.29, 0.717) is 25.7 Å². The van der Waals surface area contributed by atoms with E-state index in [-0.39, 0.29) is 12.5 Å². The number of carbonyl (C=O) groups excluding carboxylic acids is 1. The van der Waals surface area contributed by atoms with Gasteiger partial charge in [0.15, 0.2) is 0 Å². The van der Waals surface area contributed by atoms with Crippen LogP contribution in [0.1, 0.15) is 37.3 Å². The minimum Gasteiger partial charge on any atom is -0.490 e. The van der Waals surface area contributed by atoms with Crippen molar-refractivity contribution in [2.75, 3.05) is 32.8 Å². The van der Waals surface area contributed by atoms with E-state index in [1.165, 1.54) is 30.4 Å². The summed E-state index contributed by atoms with van der Waals surface area (Å²) in [4.78, 5) is 16.0. The van der Waals surface area contributed by atoms with Gasteiger partial charge in [-0.25, -0.2) is 0 Å². The van der Waals surface area contributed by atoms with Gasteiger partial charge in [0, 0.05) is 32.6 Å². The molecule has 1 N–H and O–H groups in total. The van der Waals surface area contributed by atoms with Gasteiger partial charge in [-0.05, 0) is 49.9 Å². The number of ether oxygens (including phenoxy) is 1. The van der Waals surface area contributed by atoms with Crippen LogP contribution in [0.15, 0.2) is 18.2 Å². The van der Waals surface area contributed by atoms with E-state index in [2.05, 4.69) is 18.7 Å². The first kappa shape index (κ1) is 18.2. The third-order valence-electron chi connectivity index (χ3n) is 5.66. The number of nitrogens with zero attached hydrogens (tertiary/aromatic N) is 2. The summed E-state index contributed by atoms with van der Waals surface area (Å²) in [6.07, 6.45) is 3.64. The predicted octanol–water partition coefficient (Wildman–Crippen LogP) is 2.13. The summed E-state index contributed by atoms with van der Waals surface area (Å²) in [5, 5.41) is 11.2. The van der Waals surface area contributed by atoms with Crippen molar-refractivity contribution >= 4 is 5.91 Å². The highest BCUT2D eigenvalue weighted by molar-refractivity contribution is 5.73. The van der Waals surface area contributed by atoms with E-state index >= 15 is 0 Å². The molecule has 0 unspecified atom stereocenters. The maximum atomic E-state index is 11.9. The van der Waals surface area contributed by atoms with Crippen molar-refractivity contribution in [3.05, 3.63) is 29.3 Å². The molecule has 0 bridgehead atoms. The van der Waals surface area contributed by atoms with Gasteiger partial charge in [-0.2, -0.15) is 0 Å². The average molecular weight is 346 g/mol. The first-order valence-corrected chi connectivity index (χ1v) is 9.28. The highest BCUT2D eigenvalue weighted by Gasteiger charge is 2.39. The quantitative estimate of drug-likeness (QED) is 0.907. The van der Waals surface area contributed by atoms with Crippen molar-refractivity contribution in [3.63, 3.8) is 0 Å². The largest absolute Gasteiger partial charge is 0.490 e. The fraction of sp³-hybridized carbons (Fsp3) is 0.650. The second-order valence-electron chi connectivity index (χ2n) is 7.75. The third kappa shape index (κ3) is 4.33. The SMILES string of the molecule is CC(=O)N1CCN(C2CCC2)C[C@@](O)(COc2ccc(C)c(C)c2)C1. The second kappa shape index (κ2) is 7.34. The van der Waals surface area contributed by atoms with Crippen LogP contribution >= 0.6 is 0 Å². The minimum atomic E-state index is -1.05. The van der Waals surface area contributed by atoms with Crippen molar-refractivity contribution in [1.29, 1.82) is 0 Å². The van der Waals surface area contributed by atoms with Crippen LogP contribution < -0.4 is 4.74 Å². The van der Waals surface area contributed by atoms with E-state index in [9.17, 15) is 9.90 Å². The first-order valence-electron chi connectivity index (χ1n) is 9.28. The topological polar surface area (TPSA) is 53.0 Å². The molecule has 1 aliphatic heterocycles. The number of benzene rings is 1. The standard InChI is InChI=1S/C20H30N2O3/c1-15-7-8-19(11-16(15)2)25-14-20(24)12-21(17(3)23)9-10-22(13-20)18-5-4-6-18/h7-8,11,18,24H,4-6,9-10,12-14H2,1-3H3/t20-/m1/s1. The zero-order valence-electron chi connectivity index (χ0n) is 15.6. The fourth-order valence-electron chi connectivity index (χ4n) is 3.64. The van der Waals surface area contributed by atoms with E-state index in [1.54, 1.807) is 11.8 Å².